The van der Waals surface area contributed by atoms with Crippen LogP contribution < -0.4 is 0 Å². The largest absolute Gasteiger partial charge is 0.342 e. The highest BCUT2D eigenvalue weighted by Gasteiger charge is 2.31. The molecule has 0 aromatic carbocycles. The predicted octanol–water partition coefficient (Wildman–Crippen LogP) is 3.20. The molecule has 1 amide bonds. The van der Waals surface area contributed by atoms with E-state index >= 15 is 0 Å². The van der Waals surface area contributed by atoms with E-state index in [0.717, 1.165) is 12.8 Å². The quantitative estimate of drug-likeness (QED) is 0.709. The van der Waals surface area contributed by atoms with E-state index in [2.05, 4.69) is 29.8 Å². The zero-order valence-corrected chi connectivity index (χ0v) is 11.8. The van der Waals surface area contributed by atoms with Gasteiger partial charge in [0.15, 0.2) is 0 Å². The fraction of sp³-hybridized carbons (Fsp3) is 0.917. The molecule has 0 spiro atoms. The van der Waals surface area contributed by atoms with Crippen LogP contribution in [0, 0.1) is 5.41 Å². The lowest BCUT2D eigenvalue weighted by Gasteiger charge is -2.39. The van der Waals surface area contributed by atoms with Crippen molar-refractivity contribution < 1.29 is 4.79 Å². The fourth-order valence-electron chi connectivity index (χ4n) is 2.23. The summed E-state index contributed by atoms with van der Waals surface area (Å²) in [6.07, 6.45) is 4.75. The number of hydrogen-bond acceptors (Lipinski definition) is 1. The zero-order chi connectivity index (χ0) is 11.6. The molecule has 1 unspecified atom stereocenters. The van der Waals surface area contributed by atoms with E-state index in [0.29, 0.717) is 11.5 Å². The van der Waals surface area contributed by atoms with Crippen molar-refractivity contribution in [2.24, 2.45) is 5.41 Å². The number of carbonyl (C=O) groups excluding carboxylic acids is 1. The van der Waals surface area contributed by atoms with E-state index in [1.54, 1.807) is 0 Å². The third kappa shape index (κ3) is 3.47. The van der Waals surface area contributed by atoms with Crippen molar-refractivity contribution in [2.75, 3.05) is 7.05 Å². The Hall–Kier alpha value is -0.0500. The van der Waals surface area contributed by atoms with Crippen molar-refractivity contribution in [2.45, 2.75) is 57.3 Å². The Labute approximate surface area is 102 Å². The maximum Gasteiger partial charge on any atom is 0.236 e. The minimum absolute atomic E-state index is 0.0579. The Morgan fingerprint density at radius 2 is 1.87 bits per heavy atom. The maximum atomic E-state index is 11.8. The Morgan fingerprint density at radius 3 is 2.27 bits per heavy atom. The fourth-order valence-corrected chi connectivity index (χ4v) is 2.55. The number of nitrogens with zero attached hydrogens (tertiary/aromatic N) is 1. The lowest BCUT2D eigenvalue weighted by atomic mass is 9.75. The van der Waals surface area contributed by atoms with Gasteiger partial charge >= 0.3 is 0 Å². The van der Waals surface area contributed by atoms with Crippen molar-refractivity contribution in [3.05, 3.63) is 0 Å². The normalized spacial score (nSPS) is 23.5. The molecule has 1 saturated carbocycles. The highest BCUT2D eigenvalue weighted by atomic mass is 79.9. The lowest BCUT2D eigenvalue weighted by Crippen LogP contribution is -2.43. The van der Waals surface area contributed by atoms with Gasteiger partial charge in [0.25, 0.3) is 0 Å². The van der Waals surface area contributed by atoms with Crippen molar-refractivity contribution in [3.63, 3.8) is 0 Å². The number of rotatable bonds is 2. The van der Waals surface area contributed by atoms with Gasteiger partial charge in [-0.3, -0.25) is 4.79 Å². The molecule has 2 nitrogen and oxygen atoms in total. The second-order valence-corrected chi connectivity index (χ2v) is 6.83. The van der Waals surface area contributed by atoms with Crippen LogP contribution in [0.25, 0.3) is 0 Å². The van der Waals surface area contributed by atoms with Gasteiger partial charge in [-0.1, -0.05) is 29.8 Å². The van der Waals surface area contributed by atoms with Crippen LogP contribution in [0.5, 0.6) is 0 Å². The smallest absolute Gasteiger partial charge is 0.236 e. The van der Waals surface area contributed by atoms with E-state index in [9.17, 15) is 4.79 Å². The third-order valence-corrected chi connectivity index (χ3v) is 3.94. The minimum Gasteiger partial charge on any atom is -0.342 e. The first kappa shape index (κ1) is 13.0. The summed E-state index contributed by atoms with van der Waals surface area (Å²) in [7, 11) is 1.93. The Balaban J connectivity index is 2.50. The molecule has 3 heteroatoms. The van der Waals surface area contributed by atoms with Crippen LogP contribution in [0.3, 0.4) is 0 Å². The molecule has 0 aliphatic heterocycles. The minimum atomic E-state index is -0.0579. The summed E-state index contributed by atoms with van der Waals surface area (Å²) < 4.78 is 0. The first-order chi connectivity index (χ1) is 6.83. The molecule has 15 heavy (non-hydrogen) atoms. The standard InChI is InChI=1S/C12H22BrNO/c1-9(13)11(15)14(4)10-5-7-12(2,3)8-6-10/h9-10H,5-8H2,1-4H3. The van der Waals surface area contributed by atoms with Gasteiger partial charge in [0.1, 0.15) is 0 Å². The highest BCUT2D eigenvalue weighted by molar-refractivity contribution is 9.10. The molecule has 1 aliphatic rings. The van der Waals surface area contributed by atoms with E-state index in [1.165, 1.54) is 12.8 Å². The van der Waals surface area contributed by atoms with Gasteiger partial charge in [0.05, 0.1) is 4.83 Å². The van der Waals surface area contributed by atoms with E-state index < -0.39 is 0 Å². The molecule has 0 radical (unpaired) electrons. The average Bonchev–Trinajstić information content (AvgIpc) is 2.15. The molecule has 1 rings (SSSR count). The van der Waals surface area contributed by atoms with Crippen LogP contribution in [0.4, 0.5) is 0 Å². The third-order valence-electron chi connectivity index (χ3n) is 3.54. The monoisotopic (exact) mass is 275 g/mol. The molecular weight excluding hydrogens is 254 g/mol. The van der Waals surface area contributed by atoms with Crippen LogP contribution in [0.15, 0.2) is 0 Å². The van der Waals surface area contributed by atoms with Crippen LogP contribution in [0.1, 0.15) is 46.5 Å². The molecule has 0 heterocycles. The molecule has 88 valence electrons. The molecule has 0 aromatic heterocycles. The topological polar surface area (TPSA) is 20.3 Å². The Kier molecular flexibility index (Phi) is 4.21. The van der Waals surface area contributed by atoms with E-state index in [-0.39, 0.29) is 10.7 Å². The molecular formula is C12H22BrNO. The summed E-state index contributed by atoms with van der Waals surface area (Å²) in [5.74, 6) is 0.208. The van der Waals surface area contributed by atoms with Crippen LogP contribution in [-0.4, -0.2) is 28.7 Å². The molecule has 0 aromatic rings. The van der Waals surface area contributed by atoms with Gasteiger partial charge < -0.3 is 4.90 Å². The number of amides is 1. The van der Waals surface area contributed by atoms with Gasteiger partial charge in [0, 0.05) is 13.1 Å². The molecule has 0 saturated heterocycles. The van der Waals surface area contributed by atoms with Crippen LogP contribution in [-0.2, 0) is 4.79 Å². The Morgan fingerprint density at radius 1 is 1.40 bits per heavy atom. The van der Waals surface area contributed by atoms with Gasteiger partial charge in [-0.15, -0.1) is 0 Å². The van der Waals surface area contributed by atoms with Gasteiger partial charge in [0.2, 0.25) is 5.91 Å². The van der Waals surface area contributed by atoms with Gasteiger partial charge in [-0.2, -0.15) is 0 Å². The summed E-state index contributed by atoms with van der Waals surface area (Å²) in [6.45, 7) is 6.53. The second kappa shape index (κ2) is 4.86. The van der Waals surface area contributed by atoms with Crippen molar-refractivity contribution in [1.82, 2.24) is 4.90 Å². The molecule has 1 fully saturated rings. The lowest BCUT2D eigenvalue weighted by molar-refractivity contribution is -0.131. The maximum absolute atomic E-state index is 11.8. The number of hydrogen-bond donors (Lipinski definition) is 0. The molecule has 0 N–H and O–H groups in total. The second-order valence-electron chi connectivity index (χ2n) is 5.46. The number of alkyl halides is 1. The number of halogens is 1. The van der Waals surface area contributed by atoms with Crippen molar-refractivity contribution in [3.8, 4) is 0 Å². The zero-order valence-electron chi connectivity index (χ0n) is 10.2. The summed E-state index contributed by atoms with van der Waals surface area (Å²) in [5, 5.41) is 0. The summed E-state index contributed by atoms with van der Waals surface area (Å²) in [4.78, 5) is 13.6. The molecule has 1 atom stereocenters. The van der Waals surface area contributed by atoms with Crippen LogP contribution >= 0.6 is 15.9 Å². The summed E-state index contributed by atoms with van der Waals surface area (Å²) in [6, 6.07) is 0.450. The van der Waals surface area contributed by atoms with Crippen LogP contribution in [0.2, 0.25) is 0 Å². The van der Waals surface area contributed by atoms with Gasteiger partial charge in [-0.05, 0) is 38.0 Å². The van der Waals surface area contributed by atoms with Crippen molar-refractivity contribution >= 4 is 21.8 Å². The van der Waals surface area contributed by atoms with Crippen molar-refractivity contribution in [1.29, 1.82) is 0 Å². The summed E-state index contributed by atoms with van der Waals surface area (Å²) >= 11 is 3.34. The first-order valence-electron chi connectivity index (χ1n) is 5.74. The SMILES string of the molecule is CC(Br)C(=O)N(C)C1CCC(C)(C)CC1. The highest BCUT2D eigenvalue weighted by Crippen LogP contribution is 2.36. The van der Waals surface area contributed by atoms with Gasteiger partial charge in [-0.25, -0.2) is 0 Å². The Bertz CT molecular complexity index is 228. The van der Waals surface area contributed by atoms with E-state index in [1.807, 2.05) is 18.9 Å². The van der Waals surface area contributed by atoms with E-state index in [4.69, 9.17) is 0 Å². The predicted molar refractivity (Wildman–Crippen MR) is 67.2 cm³/mol. The summed E-state index contributed by atoms with van der Waals surface area (Å²) in [5.41, 5.74) is 0.473. The molecule has 1 aliphatic carbocycles. The average molecular weight is 276 g/mol. The molecule has 0 bridgehead atoms. The number of carbonyl (C=O) groups is 1. The first-order valence-corrected chi connectivity index (χ1v) is 6.66.